The van der Waals surface area contributed by atoms with Crippen LogP contribution in [0.3, 0.4) is 0 Å². The maximum Gasteiger partial charge on any atom is 0.410 e. The van der Waals surface area contributed by atoms with Gasteiger partial charge in [0.2, 0.25) is 5.91 Å². The Hall–Kier alpha value is -3.33. The van der Waals surface area contributed by atoms with E-state index in [0.29, 0.717) is 37.7 Å². The zero-order chi connectivity index (χ0) is 28.1. The van der Waals surface area contributed by atoms with E-state index >= 15 is 0 Å². The number of halogens is 1. The first-order valence-electron chi connectivity index (χ1n) is 14.2. The van der Waals surface area contributed by atoms with E-state index in [2.05, 4.69) is 19.9 Å². The summed E-state index contributed by atoms with van der Waals surface area (Å²) < 4.78 is 5.86. The maximum absolute atomic E-state index is 14.5. The van der Waals surface area contributed by atoms with E-state index < -0.39 is 11.5 Å². The van der Waals surface area contributed by atoms with E-state index in [0.717, 1.165) is 48.1 Å². The predicted octanol–water partition coefficient (Wildman–Crippen LogP) is 5.22. The third kappa shape index (κ3) is 4.89. The molecule has 212 valence electrons. The van der Waals surface area contributed by atoms with Gasteiger partial charge in [-0.25, -0.2) is 14.8 Å². The van der Waals surface area contributed by atoms with Crippen LogP contribution in [-0.2, 0) is 9.53 Å². The minimum Gasteiger partial charge on any atom is -0.444 e. The van der Waals surface area contributed by atoms with Crippen molar-refractivity contribution in [2.75, 3.05) is 37.6 Å². The number of benzene rings is 1. The lowest BCUT2D eigenvalue weighted by Gasteiger charge is -2.49. The Morgan fingerprint density at radius 2 is 1.75 bits per heavy atom. The number of anilines is 1. The maximum atomic E-state index is 14.5. The van der Waals surface area contributed by atoms with Crippen molar-refractivity contribution < 1.29 is 14.3 Å². The normalized spacial score (nSPS) is 21.5. The van der Waals surface area contributed by atoms with Crippen molar-refractivity contribution in [2.45, 2.75) is 64.0 Å². The van der Waals surface area contributed by atoms with Gasteiger partial charge in [-0.15, -0.1) is 0 Å². The summed E-state index contributed by atoms with van der Waals surface area (Å²) in [7, 11) is 0. The van der Waals surface area contributed by atoms with E-state index in [1.165, 1.54) is 0 Å². The lowest BCUT2D eigenvalue weighted by atomic mass is 9.60. The van der Waals surface area contributed by atoms with Gasteiger partial charge in [0, 0.05) is 43.9 Å². The van der Waals surface area contributed by atoms with Crippen molar-refractivity contribution in [3.8, 4) is 0 Å². The molecule has 40 heavy (non-hydrogen) atoms. The van der Waals surface area contributed by atoms with Gasteiger partial charge in [0.1, 0.15) is 23.4 Å². The van der Waals surface area contributed by atoms with Gasteiger partial charge >= 0.3 is 6.09 Å². The number of aromatic amines is 1. The summed E-state index contributed by atoms with van der Waals surface area (Å²) in [5, 5.41) is 1.60. The van der Waals surface area contributed by atoms with Gasteiger partial charge in [-0.2, -0.15) is 0 Å². The highest BCUT2D eigenvalue weighted by molar-refractivity contribution is 6.30. The summed E-state index contributed by atoms with van der Waals surface area (Å²) in [6.45, 7) is 8.74. The molecule has 3 fully saturated rings. The van der Waals surface area contributed by atoms with E-state index in [4.69, 9.17) is 16.3 Å². The largest absolute Gasteiger partial charge is 0.444 e. The quantitative estimate of drug-likeness (QED) is 0.467. The smallest absolute Gasteiger partial charge is 0.410 e. The number of piperazine rings is 1. The van der Waals surface area contributed by atoms with Crippen LogP contribution in [0.2, 0.25) is 5.02 Å². The molecule has 0 bridgehead atoms. The van der Waals surface area contributed by atoms with E-state index in [-0.39, 0.29) is 23.5 Å². The van der Waals surface area contributed by atoms with Crippen molar-refractivity contribution in [1.82, 2.24) is 24.8 Å². The number of amides is 2. The second-order valence-electron chi connectivity index (χ2n) is 12.4. The number of likely N-dealkylation sites (tertiary alicyclic amines) is 1. The summed E-state index contributed by atoms with van der Waals surface area (Å²) in [6.07, 6.45) is 7.15. The molecule has 0 unspecified atom stereocenters. The number of aromatic nitrogens is 3. The van der Waals surface area contributed by atoms with Crippen LogP contribution in [0.4, 0.5) is 10.6 Å². The molecular formula is C30H37ClN6O3. The topological polar surface area (TPSA) is 94.7 Å². The molecule has 9 nitrogen and oxygen atoms in total. The van der Waals surface area contributed by atoms with Gasteiger partial charge in [0.25, 0.3) is 0 Å². The Bertz CT molecular complexity index is 1390. The van der Waals surface area contributed by atoms with Crippen molar-refractivity contribution in [1.29, 1.82) is 0 Å². The Kier molecular flexibility index (Phi) is 6.89. The van der Waals surface area contributed by atoms with E-state index in [1.807, 2.05) is 67.1 Å². The number of carbonyl (C=O) groups is 2. The van der Waals surface area contributed by atoms with Crippen LogP contribution in [-0.4, -0.2) is 81.1 Å². The van der Waals surface area contributed by atoms with Crippen molar-refractivity contribution in [3.05, 3.63) is 53.4 Å². The SMILES string of the molecule is CC(C)(C)OC(=O)N1CCC2(CCC2)[C@H]1[C@@H](C(=O)N1CCN(c2ncnc3[nH]ccc23)CC1)c1ccc(Cl)cc1. The fourth-order valence-corrected chi connectivity index (χ4v) is 6.90. The minimum atomic E-state index is -0.612. The Morgan fingerprint density at radius 3 is 2.40 bits per heavy atom. The number of H-pyrrole nitrogens is 1. The average molecular weight is 565 g/mol. The number of rotatable bonds is 4. The molecule has 1 spiro atoms. The Morgan fingerprint density at radius 1 is 1.02 bits per heavy atom. The predicted molar refractivity (Wildman–Crippen MR) is 155 cm³/mol. The first-order valence-corrected chi connectivity index (χ1v) is 14.6. The molecule has 2 amide bonds. The number of nitrogens with one attached hydrogen (secondary N) is 1. The molecule has 1 aromatic carbocycles. The number of hydrogen-bond donors (Lipinski definition) is 1. The number of hydrogen-bond acceptors (Lipinski definition) is 6. The van der Waals surface area contributed by atoms with Crippen molar-refractivity contribution >= 4 is 40.5 Å². The van der Waals surface area contributed by atoms with Crippen LogP contribution < -0.4 is 4.90 Å². The summed E-state index contributed by atoms with van der Waals surface area (Å²) in [6, 6.07) is 9.30. The molecule has 6 rings (SSSR count). The minimum absolute atomic E-state index is 0.0585. The van der Waals surface area contributed by atoms with Gasteiger partial charge < -0.3 is 24.4 Å². The lowest BCUT2D eigenvalue weighted by molar-refractivity contribution is -0.136. The fourth-order valence-electron chi connectivity index (χ4n) is 6.77. The molecule has 1 N–H and O–H groups in total. The van der Waals surface area contributed by atoms with Crippen LogP contribution in [0.15, 0.2) is 42.9 Å². The summed E-state index contributed by atoms with van der Waals surface area (Å²) in [5.74, 6) is 0.450. The summed E-state index contributed by atoms with van der Waals surface area (Å²) in [5.41, 5.74) is 1.02. The summed E-state index contributed by atoms with van der Waals surface area (Å²) in [4.78, 5) is 46.1. The van der Waals surface area contributed by atoms with E-state index in [9.17, 15) is 9.59 Å². The van der Waals surface area contributed by atoms with Gasteiger partial charge in [-0.05, 0) is 69.2 Å². The highest BCUT2D eigenvalue weighted by atomic mass is 35.5. The van der Waals surface area contributed by atoms with Crippen molar-refractivity contribution in [3.63, 3.8) is 0 Å². The number of fused-ring (bicyclic) bond motifs is 1. The fraction of sp³-hybridized carbons (Fsp3) is 0.533. The number of carbonyl (C=O) groups excluding carboxylic acids is 2. The molecule has 2 aromatic heterocycles. The van der Waals surface area contributed by atoms with Crippen LogP contribution >= 0.6 is 11.6 Å². The van der Waals surface area contributed by atoms with Gasteiger partial charge in [0.05, 0.1) is 17.3 Å². The van der Waals surface area contributed by atoms with Crippen molar-refractivity contribution in [2.24, 2.45) is 5.41 Å². The van der Waals surface area contributed by atoms with Crippen LogP contribution in [0.5, 0.6) is 0 Å². The molecule has 0 radical (unpaired) electrons. The number of ether oxygens (including phenoxy) is 1. The summed E-state index contributed by atoms with van der Waals surface area (Å²) >= 11 is 6.26. The molecule has 3 aliphatic rings. The Labute approximate surface area is 239 Å². The van der Waals surface area contributed by atoms with Gasteiger partial charge in [-0.1, -0.05) is 30.2 Å². The molecule has 3 aromatic rings. The second kappa shape index (κ2) is 10.3. The molecule has 1 aliphatic carbocycles. The van der Waals surface area contributed by atoms with Crippen LogP contribution in [0, 0.1) is 5.41 Å². The first-order chi connectivity index (χ1) is 19.2. The first kappa shape index (κ1) is 26.9. The second-order valence-corrected chi connectivity index (χ2v) is 12.8. The molecular weight excluding hydrogens is 528 g/mol. The molecule has 10 heteroatoms. The highest BCUT2D eigenvalue weighted by Crippen LogP contribution is 2.56. The van der Waals surface area contributed by atoms with E-state index in [1.54, 1.807) is 6.33 Å². The van der Waals surface area contributed by atoms with Crippen LogP contribution in [0.1, 0.15) is 57.9 Å². The molecule has 2 atom stereocenters. The Balaban J connectivity index is 1.29. The molecule has 1 saturated carbocycles. The molecule has 2 aliphatic heterocycles. The lowest BCUT2D eigenvalue weighted by Crippen LogP contribution is -2.57. The third-order valence-corrected chi connectivity index (χ3v) is 9.08. The molecule has 4 heterocycles. The average Bonchev–Trinajstić information content (AvgIpc) is 3.54. The molecule has 2 saturated heterocycles. The zero-order valence-corrected chi connectivity index (χ0v) is 24.2. The number of nitrogens with zero attached hydrogens (tertiary/aromatic N) is 5. The van der Waals surface area contributed by atoms with Gasteiger partial charge in [-0.3, -0.25) is 4.79 Å². The monoisotopic (exact) mass is 564 g/mol. The standard InChI is InChI=1S/C30H37ClN6O3/c1-29(2,3)40-28(39)37-14-12-30(10-4-11-30)24(37)23(20-5-7-21(31)8-6-20)27(38)36-17-15-35(16-18-36)26-22-9-13-32-25(22)33-19-34-26/h5-9,13,19,23-24H,4,10-12,14-18H2,1-3H3,(H,32,33,34)/t23-,24+/m0/s1. The van der Waals surface area contributed by atoms with Gasteiger partial charge in [0.15, 0.2) is 0 Å². The third-order valence-electron chi connectivity index (χ3n) is 8.83. The van der Waals surface area contributed by atoms with Crippen LogP contribution in [0.25, 0.3) is 11.0 Å². The zero-order valence-electron chi connectivity index (χ0n) is 23.4. The highest BCUT2D eigenvalue weighted by Gasteiger charge is 2.58.